The van der Waals surface area contributed by atoms with Crippen LogP contribution in [0.1, 0.15) is 34.9 Å². The van der Waals surface area contributed by atoms with Gasteiger partial charge in [-0.1, -0.05) is 11.6 Å². The number of anilines is 1. The lowest BCUT2D eigenvalue weighted by atomic mass is 10.2. The molecule has 1 saturated carbocycles. The number of piperazine rings is 1. The molecule has 0 spiro atoms. The summed E-state index contributed by atoms with van der Waals surface area (Å²) in [4.78, 5) is 16.4. The van der Waals surface area contributed by atoms with E-state index in [0.29, 0.717) is 42.8 Å². The van der Waals surface area contributed by atoms with Crippen molar-refractivity contribution in [3.05, 3.63) is 46.5 Å². The van der Waals surface area contributed by atoms with Gasteiger partial charge in [0, 0.05) is 37.8 Å². The van der Waals surface area contributed by atoms with Gasteiger partial charge in [0.1, 0.15) is 11.5 Å². The van der Waals surface area contributed by atoms with Crippen molar-refractivity contribution < 1.29 is 9.18 Å². The molecule has 0 radical (unpaired) electrons. The molecule has 1 N–H and O–H groups in total. The second kappa shape index (κ2) is 6.09. The molecule has 7 heteroatoms. The van der Waals surface area contributed by atoms with E-state index in [1.807, 2.05) is 6.07 Å². The van der Waals surface area contributed by atoms with Crippen molar-refractivity contribution in [3.63, 3.8) is 0 Å². The predicted octanol–water partition coefficient (Wildman–Crippen LogP) is 3.04. The van der Waals surface area contributed by atoms with Crippen molar-refractivity contribution in [1.29, 1.82) is 0 Å². The summed E-state index contributed by atoms with van der Waals surface area (Å²) in [5.74, 6) is 0.169. The summed E-state index contributed by atoms with van der Waals surface area (Å²) in [5.41, 5.74) is 2.36. The lowest BCUT2D eigenvalue weighted by Crippen LogP contribution is -2.49. The molecular formula is C17H18ClFN4O. The molecule has 0 unspecified atom stereocenters. The van der Waals surface area contributed by atoms with Crippen LogP contribution in [0.2, 0.25) is 5.02 Å². The molecule has 5 nitrogen and oxygen atoms in total. The van der Waals surface area contributed by atoms with Gasteiger partial charge in [0.15, 0.2) is 0 Å². The Labute approximate surface area is 144 Å². The summed E-state index contributed by atoms with van der Waals surface area (Å²) in [6, 6.07) is 6.29. The molecule has 2 heterocycles. The van der Waals surface area contributed by atoms with E-state index in [4.69, 9.17) is 11.6 Å². The van der Waals surface area contributed by atoms with E-state index < -0.39 is 0 Å². The normalized spacial score (nSPS) is 18.1. The molecule has 126 valence electrons. The molecule has 1 amide bonds. The smallest absolute Gasteiger partial charge is 0.274 e. The third-order valence-electron chi connectivity index (χ3n) is 4.65. The van der Waals surface area contributed by atoms with Gasteiger partial charge >= 0.3 is 0 Å². The second-order valence-electron chi connectivity index (χ2n) is 6.36. The van der Waals surface area contributed by atoms with Gasteiger partial charge in [0.05, 0.1) is 10.7 Å². The highest BCUT2D eigenvalue weighted by molar-refractivity contribution is 6.33. The number of nitrogens with one attached hydrogen (secondary N) is 1. The highest BCUT2D eigenvalue weighted by atomic mass is 35.5. The number of carbonyl (C=O) groups is 1. The quantitative estimate of drug-likeness (QED) is 0.927. The van der Waals surface area contributed by atoms with Crippen LogP contribution < -0.4 is 4.90 Å². The Bertz CT molecular complexity index is 766. The van der Waals surface area contributed by atoms with Gasteiger partial charge < -0.3 is 9.80 Å². The Balaban J connectivity index is 1.40. The minimum atomic E-state index is -0.345. The molecule has 1 aromatic carbocycles. The number of nitrogens with zero attached hydrogens (tertiary/aromatic N) is 3. The third kappa shape index (κ3) is 2.98. The Kier molecular flexibility index (Phi) is 3.92. The van der Waals surface area contributed by atoms with Gasteiger partial charge in [0.25, 0.3) is 5.91 Å². The zero-order valence-electron chi connectivity index (χ0n) is 13.1. The van der Waals surface area contributed by atoms with E-state index >= 15 is 0 Å². The highest BCUT2D eigenvalue weighted by Crippen LogP contribution is 2.39. The molecule has 0 bridgehead atoms. The summed E-state index contributed by atoms with van der Waals surface area (Å²) >= 11 is 6.12. The van der Waals surface area contributed by atoms with Gasteiger partial charge in [0.2, 0.25) is 0 Å². The van der Waals surface area contributed by atoms with Crippen LogP contribution in [0.3, 0.4) is 0 Å². The molecule has 2 aromatic rings. The monoisotopic (exact) mass is 348 g/mol. The number of amides is 1. The highest BCUT2D eigenvalue weighted by Gasteiger charge is 2.29. The van der Waals surface area contributed by atoms with Crippen LogP contribution >= 0.6 is 11.6 Å². The second-order valence-corrected chi connectivity index (χ2v) is 6.76. The van der Waals surface area contributed by atoms with Crippen molar-refractivity contribution in [3.8, 4) is 0 Å². The molecule has 1 aromatic heterocycles. The molecule has 2 fully saturated rings. The van der Waals surface area contributed by atoms with E-state index in [0.717, 1.165) is 11.4 Å². The zero-order chi connectivity index (χ0) is 16.7. The number of aromatic nitrogens is 2. The van der Waals surface area contributed by atoms with Gasteiger partial charge in [-0.3, -0.25) is 9.89 Å². The SMILES string of the molecule is O=C(c1cc(C2CC2)[nH]n1)N1CCN(c2ccc(F)cc2Cl)CC1. The zero-order valence-corrected chi connectivity index (χ0v) is 13.9. The van der Waals surface area contributed by atoms with E-state index in [1.165, 1.54) is 25.0 Å². The fourth-order valence-corrected chi connectivity index (χ4v) is 3.39. The predicted molar refractivity (Wildman–Crippen MR) is 90.1 cm³/mol. The number of hydrogen-bond donors (Lipinski definition) is 1. The largest absolute Gasteiger partial charge is 0.367 e. The van der Waals surface area contributed by atoms with Crippen molar-refractivity contribution in [2.45, 2.75) is 18.8 Å². The van der Waals surface area contributed by atoms with Crippen LogP contribution in [0.4, 0.5) is 10.1 Å². The summed E-state index contributed by atoms with van der Waals surface area (Å²) < 4.78 is 13.2. The number of rotatable bonds is 3. The molecule has 4 rings (SSSR count). The fraction of sp³-hybridized carbons (Fsp3) is 0.412. The molecule has 2 aliphatic rings. The van der Waals surface area contributed by atoms with Crippen LogP contribution in [-0.4, -0.2) is 47.2 Å². The lowest BCUT2D eigenvalue weighted by Gasteiger charge is -2.36. The first-order chi connectivity index (χ1) is 11.6. The summed E-state index contributed by atoms with van der Waals surface area (Å²) in [6.45, 7) is 2.52. The van der Waals surface area contributed by atoms with E-state index in [-0.39, 0.29) is 11.7 Å². The summed E-state index contributed by atoms with van der Waals surface area (Å²) in [7, 11) is 0. The van der Waals surface area contributed by atoms with E-state index in [1.54, 1.807) is 11.0 Å². The first-order valence-corrected chi connectivity index (χ1v) is 8.54. The number of halogens is 2. The van der Waals surface area contributed by atoms with Crippen molar-refractivity contribution >= 4 is 23.2 Å². The molecular weight excluding hydrogens is 331 g/mol. The number of aromatic amines is 1. The average molecular weight is 349 g/mol. The average Bonchev–Trinajstić information content (AvgIpc) is 3.32. The number of benzene rings is 1. The molecule has 1 aliphatic heterocycles. The van der Waals surface area contributed by atoms with Crippen LogP contribution in [-0.2, 0) is 0 Å². The van der Waals surface area contributed by atoms with Crippen LogP contribution in [0, 0.1) is 5.82 Å². The Morgan fingerprint density at radius 1 is 1.21 bits per heavy atom. The first kappa shape index (κ1) is 15.4. The maximum absolute atomic E-state index is 13.2. The summed E-state index contributed by atoms with van der Waals surface area (Å²) in [5, 5.41) is 7.53. The molecule has 24 heavy (non-hydrogen) atoms. The van der Waals surface area contributed by atoms with Gasteiger partial charge in [-0.25, -0.2) is 4.39 Å². The maximum Gasteiger partial charge on any atom is 0.274 e. The van der Waals surface area contributed by atoms with Crippen molar-refractivity contribution in [1.82, 2.24) is 15.1 Å². The van der Waals surface area contributed by atoms with E-state index in [2.05, 4.69) is 15.1 Å². The third-order valence-corrected chi connectivity index (χ3v) is 4.95. The van der Waals surface area contributed by atoms with Crippen LogP contribution in [0.25, 0.3) is 0 Å². The Morgan fingerprint density at radius 2 is 1.96 bits per heavy atom. The standard InChI is InChI=1S/C17H18ClFN4O/c18-13-9-12(19)3-4-16(13)22-5-7-23(8-6-22)17(24)15-10-14(20-21-15)11-1-2-11/h3-4,9-11H,1-2,5-8H2,(H,20,21). The lowest BCUT2D eigenvalue weighted by molar-refractivity contribution is 0.0741. The van der Waals surface area contributed by atoms with Gasteiger partial charge in [-0.15, -0.1) is 0 Å². The van der Waals surface area contributed by atoms with Gasteiger partial charge in [-0.2, -0.15) is 5.10 Å². The Morgan fingerprint density at radius 3 is 2.62 bits per heavy atom. The van der Waals surface area contributed by atoms with Crippen LogP contribution in [0.5, 0.6) is 0 Å². The molecule has 1 saturated heterocycles. The molecule has 0 atom stereocenters. The molecule has 1 aliphatic carbocycles. The van der Waals surface area contributed by atoms with E-state index in [9.17, 15) is 9.18 Å². The Hall–Kier alpha value is -2.08. The minimum absolute atomic E-state index is 0.0389. The minimum Gasteiger partial charge on any atom is -0.367 e. The number of hydrogen-bond acceptors (Lipinski definition) is 3. The fourth-order valence-electron chi connectivity index (χ4n) is 3.10. The first-order valence-electron chi connectivity index (χ1n) is 8.16. The topological polar surface area (TPSA) is 52.2 Å². The summed E-state index contributed by atoms with van der Waals surface area (Å²) in [6.07, 6.45) is 2.35. The van der Waals surface area contributed by atoms with Crippen LogP contribution in [0.15, 0.2) is 24.3 Å². The maximum atomic E-state index is 13.2. The van der Waals surface area contributed by atoms with Crippen molar-refractivity contribution in [2.24, 2.45) is 0 Å². The number of carbonyl (C=O) groups excluding carboxylic acids is 1. The van der Waals surface area contributed by atoms with Crippen molar-refractivity contribution in [2.75, 3.05) is 31.1 Å². The number of H-pyrrole nitrogens is 1. The van der Waals surface area contributed by atoms with Gasteiger partial charge in [-0.05, 0) is 37.1 Å².